The number of hydrogen-bond acceptors (Lipinski definition) is 5. The highest BCUT2D eigenvalue weighted by Gasteiger charge is 2.46. The van der Waals surface area contributed by atoms with Crippen molar-refractivity contribution in [3.8, 4) is 0 Å². The van der Waals surface area contributed by atoms with E-state index in [4.69, 9.17) is 4.42 Å². The van der Waals surface area contributed by atoms with Crippen LogP contribution in [0.25, 0.3) is 11.0 Å². The SMILES string of the molecule is O=C(N1CCN(Cc2coc3ccc(F)cc3c2=O)C2(CCCC2)C1)N1CCNCC1c1cc(F)ccc1F. The molecular weight excluding hydrogens is 509 g/mol. The largest absolute Gasteiger partial charge is 0.464 e. The minimum Gasteiger partial charge on any atom is -0.464 e. The Bertz CT molecular complexity index is 1460. The number of hydrogen-bond donors (Lipinski definition) is 1. The number of carbonyl (C=O) groups excluding carboxylic acids is 1. The Hall–Kier alpha value is -3.37. The average Bonchev–Trinajstić information content (AvgIpc) is 3.41. The molecule has 0 radical (unpaired) electrons. The van der Waals surface area contributed by atoms with E-state index in [2.05, 4.69) is 10.2 Å². The molecule has 1 aromatic heterocycles. The molecule has 0 bridgehead atoms. The predicted octanol–water partition coefficient (Wildman–Crippen LogP) is 4.41. The van der Waals surface area contributed by atoms with Gasteiger partial charge < -0.3 is 19.5 Å². The highest BCUT2D eigenvalue weighted by Crippen LogP contribution is 2.39. The molecule has 2 amide bonds. The summed E-state index contributed by atoms with van der Waals surface area (Å²) >= 11 is 0. The Balaban J connectivity index is 1.24. The maximum absolute atomic E-state index is 14.7. The van der Waals surface area contributed by atoms with E-state index in [1.807, 2.05) is 4.90 Å². The van der Waals surface area contributed by atoms with Crippen molar-refractivity contribution < 1.29 is 22.4 Å². The quantitative estimate of drug-likeness (QED) is 0.533. The van der Waals surface area contributed by atoms with E-state index in [1.165, 1.54) is 30.5 Å². The molecule has 3 aliphatic rings. The molecule has 1 N–H and O–H groups in total. The first-order valence-corrected chi connectivity index (χ1v) is 13.5. The standard InChI is InChI=1S/C29H31F3N4O3/c30-20-3-5-24(32)22(13-20)25-15-33-9-10-36(25)28(38)34-11-12-35(29(18-34)7-1-2-8-29)16-19-17-39-26-6-4-21(31)14-23(26)27(19)37/h3-6,13-14,17,25,33H,1-2,7-12,15-16,18H2. The van der Waals surface area contributed by atoms with Crippen molar-refractivity contribution in [2.24, 2.45) is 0 Å². The van der Waals surface area contributed by atoms with Crippen LogP contribution in [-0.4, -0.2) is 65.5 Å². The van der Waals surface area contributed by atoms with Gasteiger partial charge in [-0.15, -0.1) is 0 Å². The number of amides is 2. The van der Waals surface area contributed by atoms with Crippen molar-refractivity contribution in [3.05, 3.63) is 81.5 Å². The van der Waals surface area contributed by atoms with E-state index in [0.29, 0.717) is 57.0 Å². The summed E-state index contributed by atoms with van der Waals surface area (Å²) in [5, 5.41) is 3.42. The van der Waals surface area contributed by atoms with Gasteiger partial charge >= 0.3 is 6.03 Å². The summed E-state index contributed by atoms with van der Waals surface area (Å²) in [7, 11) is 0. The van der Waals surface area contributed by atoms with Crippen LogP contribution in [0.1, 0.15) is 42.9 Å². The summed E-state index contributed by atoms with van der Waals surface area (Å²) in [6.45, 7) is 3.14. The van der Waals surface area contributed by atoms with Crippen LogP contribution in [0.2, 0.25) is 0 Å². The molecule has 1 unspecified atom stereocenters. The van der Waals surface area contributed by atoms with E-state index in [0.717, 1.165) is 37.8 Å². The minimum atomic E-state index is -0.609. The number of fused-ring (bicyclic) bond motifs is 1. The van der Waals surface area contributed by atoms with Crippen molar-refractivity contribution in [2.45, 2.75) is 43.8 Å². The van der Waals surface area contributed by atoms with Crippen molar-refractivity contribution in [1.82, 2.24) is 20.0 Å². The normalized spacial score (nSPS) is 21.7. The maximum atomic E-state index is 14.7. The summed E-state index contributed by atoms with van der Waals surface area (Å²) in [6.07, 6.45) is 5.25. The first-order chi connectivity index (χ1) is 18.8. The molecule has 1 aliphatic carbocycles. The zero-order valence-corrected chi connectivity index (χ0v) is 21.6. The summed E-state index contributed by atoms with van der Waals surface area (Å²) in [5.41, 5.74) is 0.428. The van der Waals surface area contributed by atoms with E-state index in [9.17, 15) is 22.8 Å². The summed E-state index contributed by atoms with van der Waals surface area (Å²) in [4.78, 5) is 32.8. The van der Waals surface area contributed by atoms with Gasteiger partial charge in [0.25, 0.3) is 0 Å². The fourth-order valence-corrected chi connectivity index (χ4v) is 6.55. The first kappa shape index (κ1) is 25.9. The molecule has 10 heteroatoms. The second-order valence-electron chi connectivity index (χ2n) is 10.9. The Morgan fingerprint density at radius 1 is 1.03 bits per heavy atom. The van der Waals surface area contributed by atoms with Crippen LogP contribution in [0, 0.1) is 17.5 Å². The summed E-state index contributed by atoms with van der Waals surface area (Å²) in [5.74, 6) is -1.56. The smallest absolute Gasteiger partial charge is 0.320 e. The van der Waals surface area contributed by atoms with Gasteiger partial charge in [0.05, 0.1) is 17.7 Å². The molecule has 1 atom stereocenters. The van der Waals surface area contributed by atoms with E-state index < -0.39 is 23.5 Å². The van der Waals surface area contributed by atoms with Crippen molar-refractivity contribution in [1.29, 1.82) is 0 Å². The Labute approximate surface area is 224 Å². The third-order valence-electron chi connectivity index (χ3n) is 8.57. The fraction of sp³-hybridized carbons (Fsp3) is 0.448. The molecule has 1 spiro atoms. The van der Waals surface area contributed by atoms with Crippen LogP contribution in [0.5, 0.6) is 0 Å². The lowest BCUT2D eigenvalue weighted by Gasteiger charge is -2.51. The Morgan fingerprint density at radius 3 is 2.62 bits per heavy atom. The number of benzene rings is 2. The van der Waals surface area contributed by atoms with Gasteiger partial charge in [-0.3, -0.25) is 9.69 Å². The number of urea groups is 1. The highest BCUT2D eigenvalue weighted by molar-refractivity contribution is 5.77. The molecule has 3 heterocycles. The molecule has 206 valence electrons. The lowest BCUT2D eigenvalue weighted by atomic mass is 9.91. The molecule has 1 saturated carbocycles. The zero-order chi connectivity index (χ0) is 27.1. The van der Waals surface area contributed by atoms with Gasteiger partial charge in [0.1, 0.15) is 23.0 Å². The van der Waals surface area contributed by atoms with Crippen molar-refractivity contribution in [3.63, 3.8) is 0 Å². The molecule has 6 rings (SSSR count). The van der Waals surface area contributed by atoms with Crippen LogP contribution in [0.15, 0.2) is 51.9 Å². The predicted molar refractivity (Wildman–Crippen MR) is 140 cm³/mol. The Morgan fingerprint density at radius 2 is 1.79 bits per heavy atom. The molecule has 3 aromatic rings. The van der Waals surface area contributed by atoms with Crippen molar-refractivity contribution in [2.75, 3.05) is 39.3 Å². The second kappa shape index (κ2) is 10.3. The number of carbonyl (C=O) groups is 1. The molecule has 2 saturated heterocycles. The van der Waals surface area contributed by atoms with E-state index >= 15 is 0 Å². The molecule has 2 aliphatic heterocycles. The van der Waals surface area contributed by atoms with E-state index in [-0.39, 0.29) is 27.9 Å². The third kappa shape index (κ3) is 4.80. The van der Waals surface area contributed by atoms with Gasteiger partial charge in [0.2, 0.25) is 0 Å². The number of piperazine rings is 2. The van der Waals surface area contributed by atoms with Crippen LogP contribution in [-0.2, 0) is 6.54 Å². The van der Waals surface area contributed by atoms with Crippen LogP contribution in [0.3, 0.4) is 0 Å². The van der Waals surface area contributed by atoms with Gasteiger partial charge in [-0.2, -0.15) is 0 Å². The van der Waals surface area contributed by atoms with Gasteiger partial charge in [0, 0.05) is 62.5 Å². The number of halogens is 3. The Kier molecular flexibility index (Phi) is 6.84. The van der Waals surface area contributed by atoms with E-state index in [1.54, 1.807) is 4.90 Å². The number of rotatable bonds is 3. The van der Waals surface area contributed by atoms with Crippen molar-refractivity contribution >= 4 is 17.0 Å². The highest BCUT2D eigenvalue weighted by atomic mass is 19.1. The lowest BCUT2D eigenvalue weighted by molar-refractivity contribution is -0.00101. The average molecular weight is 541 g/mol. The van der Waals surface area contributed by atoms with Crippen LogP contribution >= 0.6 is 0 Å². The van der Waals surface area contributed by atoms with Gasteiger partial charge in [-0.1, -0.05) is 12.8 Å². The maximum Gasteiger partial charge on any atom is 0.320 e. The second-order valence-corrected chi connectivity index (χ2v) is 10.9. The van der Waals surface area contributed by atoms with Gasteiger partial charge in [0.15, 0.2) is 5.43 Å². The fourth-order valence-electron chi connectivity index (χ4n) is 6.55. The molecule has 7 nitrogen and oxygen atoms in total. The molecule has 3 fully saturated rings. The third-order valence-corrected chi connectivity index (χ3v) is 8.57. The monoisotopic (exact) mass is 540 g/mol. The first-order valence-electron chi connectivity index (χ1n) is 13.5. The number of nitrogens with one attached hydrogen (secondary N) is 1. The molecule has 2 aromatic carbocycles. The summed E-state index contributed by atoms with van der Waals surface area (Å²) < 4.78 is 48.1. The zero-order valence-electron chi connectivity index (χ0n) is 21.6. The molecular formula is C29H31F3N4O3. The summed E-state index contributed by atoms with van der Waals surface area (Å²) in [6, 6.07) is 6.49. The van der Waals surface area contributed by atoms with Gasteiger partial charge in [-0.25, -0.2) is 18.0 Å². The van der Waals surface area contributed by atoms with Crippen LogP contribution < -0.4 is 10.7 Å². The molecule has 39 heavy (non-hydrogen) atoms. The number of nitrogens with zero attached hydrogens (tertiary/aromatic N) is 3. The van der Waals surface area contributed by atoms with Gasteiger partial charge in [-0.05, 0) is 49.2 Å². The minimum absolute atomic E-state index is 0.171. The van der Waals surface area contributed by atoms with Crippen LogP contribution in [0.4, 0.5) is 18.0 Å². The lowest BCUT2D eigenvalue weighted by Crippen LogP contribution is -2.64. The topological polar surface area (TPSA) is 69.0 Å².